The van der Waals surface area contributed by atoms with Crippen LogP contribution in [0.3, 0.4) is 0 Å². The molecule has 0 spiro atoms. The van der Waals surface area contributed by atoms with E-state index in [4.69, 9.17) is 10.2 Å². The average molecular weight is 547 g/mol. The van der Waals surface area contributed by atoms with Crippen LogP contribution in [0.15, 0.2) is 122 Å². The summed E-state index contributed by atoms with van der Waals surface area (Å²) in [5, 5.41) is 42.1. The molecule has 5 rings (SSSR count). The molecule has 0 fully saturated rings. The van der Waals surface area contributed by atoms with Crippen molar-refractivity contribution >= 4 is 44.3 Å². The fourth-order valence-corrected chi connectivity index (χ4v) is 2.97. The van der Waals surface area contributed by atoms with Gasteiger partial charge in [-0.15, -0.1) is 69.4 Å². The van der Waals surface area contributed by atoms with Crippen molar-refractivity contribution in [1.29, 1.82) is 0 Å². The smallest absolute Gasteiger partial charge is 0.868 e. The number of hydrogen-bond acceptors (Lipinski definition) is 4. The molecular formula is C28H22NbO6-2. The van der Waals surface area contributed by atoms with Gasteiger partial charge in [-0.05, 0) is 11.5 Å². The van der Waals surface area contributed by atoms with E-state index in [0.717, 1.165) is 0 Å². The van der Waals surface area contributed by atoms with Crippen LogP contribution in [0.25, 0.3) is 32.3 Å². The molecular weight excluding hydrogens is 525 g/mol. The van der Waals surface area contributed by atoms with Crippen molar-refractivity contribution in [3.63, 3.8) is 0 Å². The third-order valence-electron chi connectivity index (χ3n) is 4.55. The molecule has 0 bridgehead atoms. The molecule has 0 amide bonds. The number of aliphatic carboxylic acids is 2. The largest absolute Gasteiger partial charge is 2.00 e. The predicted molar refractivity (Wildman–Crippen MR) is 130 cm³/mol. The quantitative estimate of drug-likeness (QED) is 0.148. The number of fused-ring (bicyclic) bond motifs is 4. The number of rotatable bonds is 2. The van der Waals surface area contributed by atoms with Gasteiger partial charge in [0, 0.05) is 0 Å². The summed E-state index contributed by atoms with van der Waals surface area (Å²) in [5.41, 5.74) is 0. The van der Waals surface area contributed by atoms with Crippen LogP contribution in [0.5, 0.6) is 0 Å². The third-order valence-corrected chi connectivity index (χ3v) is 4.55. The molecule has 0 heterocycles. The second-order valence-electron chi connectivity index (χ2n) is 6.93. The zero-order valence-corrected chi connectivity index (χ0v) is 20.8. The van der Waals surface area contributed by atoms with Crippen LogP contribution in [-0.4, -0.2) is 22.2 Å². The first kappa shape index (κ1) is 28.9. The van der Waals surface area contributed by atoms with E-state index in [-0.39, 0.29) is 22.4 Å². The molecule has 0 saturated heterocycles. The summed E-state index contributed by atoms with van der Waals surface area (Å²) in [4.78, 5) is 18.6. The topological polar surface area (TPSA) is 121 Å². The Balaban J connectivity index is 0.000000247. The van der Waals surface area contributed by atoms with E-state index in [2.05, 4.69) is 110 Å². The van der Waals surface area contributed by atoms with Crippen LogP contribution < -0.4 is 10.2 Å². The summed E-state index contributed by atoms with van der Waals surface area (Å²) in [7, 11) is 0. The normalized spacial score (nSPS) is 9.26. The minimum Gasteiger partial charge on any atom is -0.868 e. The number of carboxylic acid groups (broad SMARTS) is 2. The van der Waals surface area contributed by atoms with Crippen molar-refractivity contribution in [1.82, 2.24) is 0 Å². The van der Waals surface area contributed by atoms with Gasteiger partial charge >= 0.3 is 34.3 Å². The Morgan fingerprint density at radius 3 is 1.43 bits per heavy atom. The maximum Gasteiger partial charge on any atom is 2.00 e. The Hall–Kier alpha value is -4.10. The first-order chi connectivity index (χ1) is 16.2. The number of carbonyl (C=O) groups is 2. The van der Waals surface area contributed by atoms with Gasteiger partial charge in [0.05, 0.1) is 0 Å². The minimum absolute atomic E-state index is 0. The molecule has 7 heteroatoms. The molecule has 0 aromatic heterocycles. The zero-order valence-electron chi connectivity index (χ0n) is 18.6. The molecule has 0 unspecified atom stereocenters. The molecule has 0 aliphatic rings. The molecule has 5 aromatic rings. The van der Waals surface area contributed by atoms with Crippen LogP contribution in [0, 0.1) is 0 Å². The van der Waals surface area contributed by atoms with Crippen LogP contribution in [0.2, 0.25) is 0 Å². The van der Waals surface area contributed by atoms with E-state index in [1.165, 1.54) is 32.3 Å². The van der Waals surface area contributed by atoms with Crippen molar-refractivity contribution < 1.29 is 52.4 Å². The summed E-state index contributed by atoms with van der Waals surface area (Å²) >= 11 is 0. The van der Waals surface area contributed by atoms with Crippen molar-refractivity contribution in [3.05, 3.63) is 122 Å². The standard InChI is InChI=1S/C13H9.C9H7.2C3H4O3.Nb/c1-3-7-12-10(5-1)9-11-6-2-4-8-13(11)12;1-2-5-9-7-3-6-8(9)4-1;2*1-2(4)3(5)6;/h1-9H;1-7H;2*4H,1H2,(H,5,6);/q2*-1;;;+2/p-2. The molecule has 6 nitrogen and oxygen atoms in total. The Labute approximate surface area is 217 Å². The fourth-order valence-electron chi connectivity index (χ4n) is 2.97. The van der Waals surface area contributed by atoms with E-state index in [9.17, 15) is 19.8 Å². The van der Waals surface area contributed by atoms with Gasteiger partial charge in [-0.3, -0.25) is 0 Å². The van der Waals surface area contributed by atoms with Gasteiger partial charge in [-0.2, -0.15) is 17.5 Å². The first-order valence-electron chi connectivity index (χ1n) is 10.0. The van der Waals surface area contributed by atoms with E-state index in [0.29, 0.717) is 0 Å². The number of benzene rings is 3. The van der Waals surface area contributed by atoms with Crippen molar-refractivity contribution in [2.45, 2.75) is 0 Å². The maximum absolute atomic E-state index is 9.43. The average Bonchev–Trinajstić information content (AvgIpc) is 3.45. The SMILES string of the molecule is C=C([O-])C(=O)O.C=C([O-])C(=O)O.[Nb+2].c1ccc2[cH-]ccc2c1.c1ccc2c(c1)[cH-]c1ccccc12. The molecule has 0 atom stereocenters. The van der Waals surface area contributed by atoms with E-state index in [1.807, 2.05) is 0 Å². The Morgan fingerprint density at radius 1 is 0.657 bits per heavy atom. The minimum atomic E-state index is -1.49. The summed E-state index contributed by atoms with van der Waals surface area (Å²) in [6.45, 7) is 5.20. The van der Waals surface area contributed by atoms with Crippen molar-refractivity contribution in [3.8, 4) is 0 Å². The molecule has 2 N–H and O–H groups in total. The third kappa shape index (κ3) is 8.98. The fraction of sp³-hybridized carbons (Fsp3) is 0. The Bertz CT molecular complexity index is 1300. The second-order valence-corrected chi connectivity index (χ2v) is 6.93. The van der Waals surface area contributed by atoms with Gasteiger partial charge in [-0.25, -0.2) is 9.59 Å². The monoisotopic (exact) mass is 547 g/mol. The molecule has 0 saturated carbocycles. The summed E-state index contributed by atoms with van der Waals surface area (Å²) in [5.74, 6) is -5.13. The number of carboxylic acids is 2. The van der Waals surface area contributed by atoms with Gasteiger partial charge in [0.15, 0.2) is 0 Å². The van der Waals surface area contributed by atoms with Gasteiger partial charge < -0.3 is 20.4 Å². The zero-order chi connectivity index (χ0) is 25.1. The second kappa shape index (κ2) is 14.2. The summed E-state index contributed by atoms with van der Waals surface area (Å²) < 4.78 is 0. The number of hydrogen-bond donors (Lipinski definition) is 2. The van der Waals surface area contributed by atoms with E-state index >= 15 is 0 Å². The molecule has 5 aromatic carbocycles. The van der Waals surface area contributed by atoms with E-state index in [1.54, 1.807) is 0 Å². The van der Waals surface area contributed by atoms with Crippen molar-refractivity contribution in [2.75, 3.05) is 0 Å². The summed E-state index contributed by atoms with van der Waals surface area (Å²) in [6.07, 6.45) is 0. The van der Waals surface area contributed by atoms with Crippen molar-refractivity contribution in [2.24, 2.45) is 0 Å². The Kier molecular flexibility index (Phi) is 11.8. The molecule has 35 heavy (non-hydrogen) atoms. The molecule has 177 valence electrons. The van der Waals surface area contributed by atoms with Gasteiger partial charge in [0.1, 0.15) is 0 Å². The summed E-state index contributed by atoms with van der Waals surface area (Å²) in [6, 6.07) is 33.9. The molecule has 0 aliphatic carbocycles. The van der Waals surface area contributed by atoms with Crippen LogP contribution in [-0.2, 0) is 32.0 Å². The van der Waals surface area contributed by atoms with E-state index < -0.39 is 23.5 Å². The molecule has 0 aliphatic heterocycles. The van der Waals surface area contributed by atoms with Crippen LogP contribution in [0.1, 0.15) is 0 Å². The van der Waals surface area contributed by atoms with Gasteiger partial charge in [0.2, 0.25) is 0 Å². The predicted octanol–water partition coefficient (Wildman–Crippen LogP) is 4.16. The van der Waals surface area contributed by atoms with Gasteiger partial charge in [0.25, 0.3) is 0 Å². The maximum atomic E-state index is 9.43. The van der Waals surface area contributed by atoms with Crippen LogP contribution >= 0.6 is 0 Å². The van der Waals surface area contributed by atoms with Gasteiger partial charge in [-0.1, -0.05) is 55.6 Å². The van der Waals surface area contributed by atoms with Crippen LogP contribution in [0.4, 0.5) is 0 Å². The Morgan fingerprint density at radius 2 is 1.03 bits per heavy atom. The molecule has 1 radical (unpaired) electrons. The first-order valence-corrected chi connectivity index (χ1v) is 10.0.